The van der Waals surface area contributed by atoms with Crippen molar-refractivity contribution in [1.82, 2.24) is 0 Å². The van der Waals surface area contributed by atoms with Crippen molar-refractivity contribution in [2.24, 2.45) is 17.8 Å². The van der Waals surface area contributed by atoms with E-state index in [4.69, 9.17) is 14.6 Å². The van der Waals surface area contributed by atoms with E-state index in [2.05, 4.69) is 0 Å². The number of hydrogen-bond donors (Lipinski definition) is 1. The van der Waals surface area contributed by atoms with Crippen LogP contribution in [-0.2, 0) is 9.47 Å². The molecule has 0 amide bonds. The fraction of sp³-hybridized carbons (Fsp3) is 0.778. The van der Waals surface area contributed by atoms with Crippen LogP contribution in [0.1, 0.15) is 12.8 Å². The van der Waals surface area contributed by atoms with E-state index in [-0.39, 0.29) is 12.4 Å². The summed E-state index contributed by atoms with van der Waals surface area (Å²) in [5.41, 5.74) is 0. The van der Waals surface area contributed by atoms with Crippen molar-refractivity contribution in [2.75, 3.05) is 6.61 Å². The normalized spacial score (nSPS) is 45.6. The highest BCUT2D eigenvalue weighted by molar-refractivity contribution is 5.12. The van der Waals surface area contributed by atoms with Gasteiger partial charge in [0.25, 0.3) is 5.79 Å². The van der Waals surface area contributed by atoms with E-state index in [9.17, 15) is 0 Å². The molecule has 3 nitrogen and oxygen atoms in total. The fourth-order valence-corrected chi connectivity index (χ4v) is 2.86. The lowest BCUT2D eigenvalue weighted by molar-refractivity contribution is -0.156. The highest BCUT2D eigenvalue weighted by Gasteiger charge is 2.69. The lowest BCUT2D eigenvalue weighted by atomic mass is 10.1. The largest absolute Gasteiger partial charge is 0.456 e. The van der Waals surface area contributed by atoms with E-state index in [0.29, 0.717) is 17.8 Å². The molecule has 3 atom stereocenters. The van der Waals surface area contributed by atoms with Crippen molar-refractivity contribution >= 4 is 0 Å². The lowest BCUT2D eigenvalue weighted by Crippen LogP contribution is -2.31. The maximum absolute atomic E-state index is 9.02. The van der Waals surface area contributed by atoms with Crippen molar-refractivity contribution in [3.63, 3.8) is 0 Å². The molecule has 0 saturated heterocycles. The Bertz CT molecular complexity index is 224. The zero-order valence-electron chi connectivity index (χ0n) is 6.77. The minimum Gasteiger partial charge on any atom is -0.456 e. The Morgan fingerprint density at radius 2 is 2.17 bits per heavy atom. The van der Waals surface area contributed by atoms with E-state index in [1.165, 1.54) is 0 Å². The average molecular weight is 168 g/mol. The SMILES string of the molecule is OCC1C2CCC3(OC=CO3)C12. The summed E-state index contributed by atoms with van der Waals surface area (Å²) in [6.45, 7) is 0.282. The summed E-state index contributed by atoms with van der Waals surface area (Å²) in [6, 6.07) is 0. The van der Waals surface area contributed by atoms with Gasteiger partial charge in [0.15, 0.2) is 0 Å². The molecule has 1 aliphatic heterocycles. The van der Waals surface area contributed by atoms with Gasteiger partial charge < -0.3 is 14.6 Å². The second kappa shape index (κ2) is 1.96. The van der Waals surface area contributed by atoms with Gasteiger partial charge >= 0.3 is 0 Å². The van der Waals surface area contributed by atoms with Gasteiger partial charge in [0, 0.05) is 18.9 Å². The van der Waals surface area contributed by atoms with Crippen LogP contribution in [0.15, 0.2) is 12.5 Å². The van der Waals surface area contributed by atoms with Gasteiger partial charge in [-0.1, -0.05) is 0 Å². The molecule has 0 aromatic heterocycles. The van der Waals surface area contributed by atoms with Crippen LogP contribution in [-0.4, -0.2) is 17.5 Å². The molecular weight excluding hydrogens is 156 g/mol. The quantitative estimate of drug-likeness (QED) is 0.630. The third kappa shape index (κ3) is 0.614. The van der Waals surface area contributed by atoms with E-state index < -0.39 is 0 Å². The number of fused-ring (bicyclic) bond motifs is 2. The Morgan fingerprint density at radius 1 is 1.42 bits per heavy atom. The van der Waals surface area contributed by atoms with Crippen LogP contribution in [0.4, 0.5) is 0 Å². The molecule has 12 heavy (non-hydrogen) atoms. The van der Waals surface area contributed by atoms with Crippen LogP contribution < -0.4 is 0 Å². The van der Waals surface area contributed by atoms with Gasteiger partial charge in [-0.15, -0.1) is 0 Å². The summed E-state index contributed by atoms with van der Waals surface area (Å²) < 4.78 is 10.9. The van der Waals surface area contributed by atoms with E-state index in [1.807, 2.05) is 0 Å². The Labute approximate surface area is 71.0 Å². The lowest BCUT2D eigenvalue weighted by Gasteiger charge is -2.25. The highest BCUT2D eigenvalue weighted by Crippen LogP contribution is 2.64. The molecule has 3 unspecified atom stereocenters. The number of rotatable bonds is 1. The molecule has 1 spiro atoms. The van der Waals surface area contributed by atoms with E-state index in [1.54, 1.807) is 12.5 Å². The molecule has 2 aliphatic carbocycles. The van der Waals surface area contributed by atoms with Crippen LogP contribution in [0.25, 0.3) is 0 Å². The molecular formula is C9H12O3. The van der Waals surface area contributed by atoms with Gasteiger partial charge in [-0.05, 0) is 18.3 Å². The third-order valence-corrected chi connectivity index (χ3v) is 3.47. The smallest absolute Gasteiger partial charge is 0.253 e. The van der Waals surface area contributed by atoms with Crippen molar-refractivity contribution in [3.05, 3.63) is 12.5 Å². The number of aliphatic hydroxyl groups is 1. The van der Waals surface area contributed by atoms with Crippen molar-refractivity contribution in [3.8, 4) is 0 Å². The molecule has 0 radical (unpaired) electrons. The van der Waals surface area contributed by atoms with Crippen LogP contribution in [0.3, 0.4) is 0 Å². The van der Waals surface area contributed by atoms with Crippen LogP contribution in [0, 0.1) is 17.8 Å². The fourth-order valence-electron chi connectivity index (χ4n) is 2.86. The molecule has 1 N–H and O–H groups in total. The van der Waals surface area contributed by atoms with Gasteiger partial charge in [-0.3, -0.25) is 0 Å². The second-order valence-electron chi connectivity index (χ2n) is 3.89. The Balaban J connectivity index is 1.82. The minimum absolute atomic E-state index is 0.282. The van der Waals surface area contributed by atoms with Gasteiger partial charge in [-0.2, -0.15) is 0 Å². The maximum atomic E-state index is 9.02. The van der Waals surface area contributed by atoms with Gasteiger partial charge in [0.05, 0.1) is 0 Å². The molecule has 2 saturated carbocycles. The van der Waals surface area contributed by atoms with Gasteiger partial charge in [0.2, 0.25) is 0 Å². The topological polar surface area (TPSA) is 38.7 Å². The molecule has 3 rings (SSSR count). The predicted molar refractivity (Wildman–Crippen MR) is 40.8 cm³/mol. The molecule has 0 aromatic carbocycles. The first-order valence-electron chi connectivity index (χ1n) is 4.49. The third-order valence-electron chi connectivity index (χ3n) is 3.47. The summed E-state index contributed by atoms with van der Waals surface area (Å²) in [5, 5.41) is 9.02. The molecule has 3 heteroatoms. The van der Waals surface area contributed by atoms with Gasteiger partial charge in [-0.25, -0.2) is 0 Å². The van der Waals surface area contributed by atoms with Crippen molar-refractivity contribution < 1.29 is 14.6 Å². The summed E-state index contributed by atoms with van der Waals surface area (Å²) in [5.74, 6) is 1.14. The highest BCUT2D eigenvalue weighted by atomic mass is 16.7. The van der Waals surface area contributed by atoms with Gasteiger partial charge in [0.1, 0.15) is 12.5 Å². The Hall–Kier alpha value is -0.700. The molecule has 2 fully saturated rings. The van der Waals surface area contributed by atoms with E-state index in [0.717, 1.165) is 12.8 Å². The maximum Gasteiger partial charge on any atom is 0.253 e. The zero-order valence-corrected chi connectivity index (χ0v) is 6.77. The molecule has 3 aliphatic rings. The Morgan fingerprint density at radius 3 is 2.75 bits per heavy atom. The molecule has 0 aromatic rings. The van der Waals surface area contributed by atoms with Crippen LogP contribution in [0.5, 0.6) is 0 Å². The monoisotopic (exact) mass is 168 g/mol. The first-order chi connectivity index (χ1) is 5.87. The number of ether oxygens (including phenoxy) is 2. The molecule has 1 heterocycles. The number of aliphatic hydroxyl groups excluding tert-OH is 1. The van der Waals surface area contributed by atoms with Crippen LogP contribution in [0.2, 0.25) is 0 Å². The summed E-state index contributed by atoms with van der Waals surface area (Å²) in [7, 11) is 0. The Kier molecular flexibility index (Phi) is 1.11. The number of hydrogen-bond acceptors (Lipinski definition) is 3. The standard InChI is InChI=1S/C9H12O3/c10-5-7-6-1-2-9(8(6)7)11-3-4-12-9/h3-4,6-8,10H,1-2,5H2. The van der Waals surface area contributed by atoms with Crippen LogP contribution >= 0.6 is 0 Å². The molecule has 0 bridgehead atoms. The second-order valence-corrected chi connectivity index (χ2v) is 3.89. The zero-order chi connectivity index (χ0) is 8.18. The predicted octanol–water partition coefficient (Wildman–Crippen LogP) is 0.849. The van der Waals surface area contributed by atoms with Crippen molar-refractivity contribution in [2.45, 2.75) is 18.6 Å². The first-order valence-corrected chi connectivity index (χ1v) is 4.49. The first kappa shape index (κ1) is 6.78. The van der Waals surface area contributed by atoms with E-state index >= 15 is 0 Å². The summed E-state index contributed by atoms with van der Waals surface area (Å²) >= 11 is 0. The molecule has 66 valence electrons. The minimum atomic E-state index is -0.377. The van der Waals surface area contributed by atoms with Crippen molar-refractivity contribution in [1.29, 1.82) is 0 Å². The average Bonchev–Trinajstić information content (AvgIpc) is 2.45. The summed E-state index contributed by atoms with van der Waals surface area (Å²) in [6.07, 6.45) is 5.35. The summed E-state index contributed by atoms with van der Waals surface area (Å²) in [4.78, 5) is 0.